The fourth-order valence-corrected chi connectivity index (χ4v) is 8.92. The number of methoxy groups -OCH3 is 1. The van der Waals surface area contributed by atoms with Gasteiger partial charge in [0.25, 0.3) is 0 Å². The molecule has 6 rings (SSSR count). The van der Waals surface area contributed by atoms with Crippen LogP contribution in [-0.2, 0) is 19.8 Å². The van der Waals surface area contributed by atoms with Crippen LogP contribution in [-0.4, -0.2) is 57.0 Å². The van der Waals surface area contributed by atoms with Crippen LogP contribution < -0.4 is 20.4 Å². The molecule has 252 valence electrons. The predicted molar refractivity (Wildman–Crippen MR) is 192 cm³/mol. The van der Waals surface area contributed by atoms with Crippen LogP contribution in [0.3, 0.4) is 0 Å². The third kappa shape index (κ3) is 7.72. The SMILES string of the molecule is COc1ccc(C(OC[C@H]2O[C@@H](n3ccc(=O)[nH]c3=O)[C@H]([Se]c3ccccc3)[C@@H]2OCC=C(C)C)(c2ccccc2)c2ccccc2)cc1. The van der Waals surface area contributed by atoms with Gasteiger partial charge in [0.05, 0.1) is 0 Å². The van der Waals surface area contributed by atoms with Crippen molar-refractivity contribution < 1.29 is 18.9 Å². The molecule has 4 aromatic carbocycles. The first kappa shape index (κ1) is 34.4. The van der Waals surface area contributed by atoms with Crippen molar-refractivity contribution in [1.29, 1.82) is 0 Å². The van der Waals surface area contributed by atoms with E-state index in [1.807, 2.05) is 98.8 Å². The Morgan fingerprint density at radius 1 is 0.837 bits per heavy atom. The quantitative estimate of drug-likeness (QED) is 0.0964. The van der Waals surface area contributed by atoms with Gasteiger partial charge in [-0.2, -0.15) is 0 Å². The third-order valence-electron chi connectivity index (χ3n) is 8.53. The first-order chi connectivity index (χ1) is 23.9. The molecule has 0 saturated carbocycles. The summed E-state index contributed by atoms with van der Waals surface area (Å²) in [4.78, 5) is 27.4. The maximum atomic E-state index is 13.2. The Hall–Kier alpha value is -4.50. The van der Waals surface area contributed by atoms with E-state index in [2.05, 4.69) is 41.4 Å². The van der Waals surface area contributed by atoms with E-state index in [0.29, 0.717) is 6.61 Å². The Labute approximate surface area is 292 Å². The van der Waals surface area contributed by atoms with Gasteiger partial charge in [-0.1, -0.05) is 0 Å². The van der Waals surface area contributed by atoms with Gasteiger partial charge in [0.1, 0.15) is 0 Å². The number of hydrogen-bond acceptors (Lipinski definition) is 6. The number of aromatic nitrogens is 2. The van der Waals surface area contributed by atoms with Crippen molar-refractivity contribution in [3.05, 3.63) is 177 Å². The molecule has 1 aliphatic heterocycles. The van der Waals surface area contributed by atoms with Crippen LogP contribution in [0, 0.1) is 0 Å². The van der Waals surface area contributed by atoms with Crippen molar-refractivity contribution in [1.82, 2.24) is 9.55 Å². The molecule has 1 N–H and O–H groups in total. The molecule has 0 unspecified atom stereocenters. The van der Waals surface area contributed by atoms with Crippen molar-refractivity contribution in [2.75, 3.05) is 20.3 Å². The molecule has 9 heteroatoms. The molecule has 2 heterocycles. The van der Waals surface area contributed by atoms with Crippen LogP contribution >= 0.6 is 0 Å². The van der Waals surface area contributed by atoms with Gasteiger partial charge in [-0.25, -0.2) is 0 Å². The summed E-state index contributed by atoms with van der Waals surface area (Å²) >= 11 is -0.169. The minimum atomic E-state index is -1.02. The summed E-state index contributed by atoms with van der Waals surface area (Å²) in [5, 5.41) is 0. The summed E-state index contributed by atoms with van der Waals surface area (Å²) in [7, 11) is 1.65. The van der Waals surface area contributed by atoms with E-state index in [1.165, 1.54) is 16.8 Å². The van der Waals surface area contributed by atoms with Crippen molar-refractivity contribution in [3.8, 4) is 5.75 Å². The Morgan fingerprint density at radius 2 is 1.43 bits per heavy atom. The molecule has 1 aliphatic rings. The summed E-state index contributed by atoms with van der Waals surface area (Å²) in [5.74, 6) is 0.741. The summed E-state index contributed by atoms with van der Waals surface area (Å²) in [6, 6.07) is 39.7. The van der Waals surface area contributed by atoms with Crippen molar-refractivity contribution >= 4 is 19.4 Å². The number of hydrogen-bond donors (Lipinski definition) is 1. The Balaban J connectivity index is 1.45. The average molecular weight is 724 g/mol. The van der Waals surface area contributed by atoms with Gasteiger partial charge in [-0.15, -0.1) is 0 Å². The van der Waals surface area contributed by atoms with Gasteiger partial charge >= 0.3 is 293 Å². The molecule has 49 heavy (non-hydrogen) atoms. The second-order valence-electron chi connectivity index (χ2n) is 12.0. The van der Waals surface area contributed by atoms with E-state index in [9.17, 15) is 9.59 Å². The molecular formula is C40H40N2O6Se. The zero-order valence-corrected chi connectivity index (χ0v) is 29.4. The third-order valence-corrected chi connectivity index (χ3v) is 11.3. The van der Waals surface area contributed by atoms with Gasteiger partial charge in [0, 0.05) is 0 Å². The fraction of sp³-hybridized carbons (Fsp3) is 0.250. The second kappa shape index (κ2) is 15.8. The number of rotatable bonds is 13. The topological polar surface area (TPSA) is 91.8 Å². The van der Waals surface area contributed by atoms with Crippen LogP contribution in [0.25, 0.3) is 0 Å². The van der Waals surface area contributed by atoms with Crippen molar-refractivity contribution in [2.24, 2.45) is 0 Å². The first-order valence-corrected chi connectivity index (χ1v) is 18.1. The number of benzene rings is 4. The standard InChI is InChI=1S/C40H40N2O6Se/c1-28(2)24-26-46-36-34(48-38(42-25-23-35(43)41-39(42)44)37(36)49-33-17-11-6-12-18-33)27-47-40(29-13-7-4-8-14-29,30-15-9-5-10-16-30)31-19-21-32(45-3)22-20-31/h4-25,34,36-38H,26-27H2,1-3H3,(H,41,43,44)/t34-,36-,37-,38-/m1/s1. The summed E-state index contributed by atoms with van der Waals surface area (Å²) in [5.41, 5.74) is 1.94. The molecule has 0 radical (unpaired) electrons. The maximum absolute atomic E-state index is 13.2. The Bertz CT molecular complexity index is 1900. The van der Waals surface area contributed by atoms with Crippen LogP contribution in [0.4, 0.5) is 0 Å². The second-order valence-corrected chi connectivity index (χ2v) is 14.6. The van der Waals surface area contributed by atoms with E-state index < -0.39 is 35.3 Å². The first-order valence-electron chi connectivity index (χ1n) is 16.2. The van der Waals surface area contributed by atoms with Gasteiger partial charge in [-0.05, 0) is 0 Å². The fourth-order valence-electron chi connectivity index (χ4n) is 6.13. The van der Waals surface area contributed by atoms with Gasteiger partial charge in [0.2, 0.25) is 0 Å². The Kier molecular flexibility index (Phi) is 11.1. The summed E-state index contributed by atoms with van der Waals surface area (Å²) in [6.07, 6.45) is 1.86. The monoisotopic (exact) mass is 724 g/mol. The van der Waals surface area contributed by atoms with E-state index in [4.69, 9.17) is 18.9 Å². The number of allylic oxidation sites excluding steroid dienone is 1. The minimum absolute atomic E-state index is 0.144. The number of H-pyrrole nitrogens is 1. The summed E-state index contributed by atoms with van der Waals surface area (Å²) in [6.45, 7) is 4.59. The number of nitrogens with one attached hydrogen (secondary N) is 1. The normalized spacial score (nSPS) is 19.0. The number of ether oxygens (including phenoxy) is 4. The molecule has 1 fully saturated rings. The molecule has 8 nitrogen and oxygen atoms in total. The average Bonchev–Trinajstić information content (AvgIpc) is 3.46. The van der Waals surface area contributed by atoms with E-state index in [-0.39, 0.29) is 26.4 Å². The zero-order valence-electron chi connectivity index (χ0n) is 27.7. The van der Waals surface area contributed by atoms with E-state index in [0.717, 1.165) is 32.5 Å². The summed E-state index contributed by atoms with van der Waals surface area (Å²) < 4.78 is 28.9. The molecule has 1 saturated heterocycles. The zero-order chi connectivity index (χ0) is 34.2. The Morgan fingerprint density at radius 3 is 2.00 bits per heavy atom. The van der Waals surface area contributed by atoms with Gasteiger partial charge < -0.3 is 0 Å². The van der Waals surface area contributed by atoms with Crippen LogP contribution in [0.5, 0.6) is 5.75 Å². The molecule has 0 aliphatic carbocycles. The molecule has 4 atom stereocenters. The molecule has 0 amide bonds. The van der Waals surface area contributed by atoms with Crippen LogP contribution in [0.2, 0.25) is 4.82 Å². The molecule has 5 aromatic rings. The van der Waals surface area contributed by atoms with Gasteiger partial charge in [-0.3, -0.25) is 0 Å². The number of nitrogens with zero attached hydrogens (tertiary/aromatic N) is 1. The molecular weight excluding hydrogens is 683 g/mol. The van der Waals surface area contributed by atoms with Crippen LogP contribution in [0.1, 0.15) is 36.8 Å². The number of aromatic amines is 1. The van der Waals surface area contributed by atoms with Crippen molar-refractivity contribution in [2.45, 2.75) is 42.7 Å². The van der Waals surface area contributed by atoms with Crippen molar-refractivity contribution in [3.63, 3.8) is 0 Å². The van der Waals surface area contributed by atoms with E-state index in [1.54, 1.807) is 7.11 Å². The molecule has 0 spiro atoms. The molecule has 0 bridgehead atoms. The van der Waals surface area contributed by atoms with Crippen LogP contribution in [0.15, 0.2) is 149 Å². The molecule has 1 aromatic heterocycles. The predicted octanol–water partition coefficient (Wildman–Crippen LogP) is 5.62. The van der Waals surface area contributed by atoms with E-state index >= 15 is 0 Å². The van der Waals surface area contributed by atoms with Gasteiger partial charge in [0.15, 0.2) is 0 Å².